The van der Waals surface area contributed by atoms with Crippen LogP contribution in [-0.4, -0.2) is 42.0 Å². The van der Waals surface area contributed by atoms with Crippen molar-refractivity contribution >= 4 is 39.4 Å². The van der Waals surface area contributed by atoms with Crippen LogP contribution in [0.15, 0.2) is 23.0 Å². The molecule has 0 bridgehead atoms. The van der Waals surface area contributed by atoms with E-state index in [1.807, 2.05) is 18.2 Å². The minimum absolute atomic E-state index is 0.0915. The summed E-state index contributed by atoms with van der Waals surface area (Å²) in [6.45, 7) is 9.15. The van der Waals surface area contributed by atoms with E-state index in [1.165, 1.54) is 0 Å². The van der Waals surface area contributed by atoms with Gasteiger partial charge in [-0.15, -0.1) is 0 Å². The first-order chi connectivity index (χ1) is 11.0. The molecule has 2 aromatic rings. The monoisotopic (exact) mass is 427 g/mol. The molecule has 0 aliphatic heterocycles. The van der Waals surface area contributed by atoms with Crippen molar-refractivity contribution in [1.82, 2.24) is 15.2 Å². The van der Waals surface area contributed by atoms with E-state index in [9.17, 15) is 9.59 Å². The van der Waals surface area contributed by atoms with E-state index in [-0.39, 0.29) is 11.3 Å². The molecule has 2 rings (SSSR count). The summed E-state index contributed by atoms with van der Waals surface area (Å²) in [6.07, 6.45) is 0. The fourth-order valence-electron chi connectivity index (χ4n) is 2.54. The van der Waals surface area contributed by atoms with Gasteiger partial charge in [-0.3, -0.25) is 9.59 Å². The lowest BCUT2D eigenvalue weighted by molar-refractivity contribution is 0.0943. The van der Waals surface area contributed by atoms with E-state index in [0.717, 1.165) is 23.2 Å². The maximum Gasteiger partial charge on any atom is 0.268 e. The number of carbonyl (C=O) groups is 1. The lowest BCUT2D eigenvalue weighted by Crippen LogP contribution is -2.36. The Morgan fingerprint density at radius 2 is 2.00 bits per heavy atom. The lowest BCUT2D eigenvalue weighted by atomic mass is 10.1. The molecule has 5 nitrogen and oxygen atoms in total. The van der Waals surface area contributed by atoms with Crippen molar-refractivity contribution in [2.24, 2.45) is 0 Å². The van der Waals surface area contributed by atoms with Crippen molar-refractivity contribution in [3.8, 4) is 0 Å². The molecule has 0 aliphatic rings. The third-order valence-electron chi connectivity index (χ3n) is 4.04. The Balaban J connectivity index is 2.22. The maximum absolute atomic E-state index is 12.5. The highest BCUT2D eigenvalue weighted by molar-refractivity contribution is 14.1. The van der Waals surface area contributed by atoms with Gasteiger partial charge < -0.3 is 15.2 Å². The van der Waals surface area contributed by atoms with Gasteiger partial charge in [-0.1, -0.05) is 13.8 Å². The van der Waals surface area contributed by atoms with Gasteiger partial charge in [0.25, 0.3) is 5.91 Å². The highest BCUT2D eigenvalue weighted by Gasteiger charge is 2.15. The molecule has 1 aromatic carbocycles. The third-order valence-corrected chi connectivity index (χ3v) is 4.71. The second-order valence-electron chi connectivity index (χ2n) is 5.43. The number of aromatic amines is 1. The number of rotatable bonds is 6. The van der Waals surface area contributed by atoms with Crippen LogP contribution in [0.5, 0.6) is 0 Å². The first-order valence-corrected chi connectivity index (χ1v) is 8.88. The number of hydrogen-bond acceptors (Lipinski definition) is 3. The zero-order valence-corrected chi connectivity index (χ0v) is 15.9. The number of carbonyl (C=O) groups excluding carboxylic acids is 1. The molecule has 0 saturated carbocycles. The van der Waals surface area contributed by atoms with Crippen molar-refractivity contribution in [2.45, 2.75) is 20.8 Å². The molecule has 0 fully saturated rings. The summed E-state index contributed by atoms with van der Waals surface area (Å²) in [4.78, 5) is 30.2. The number of amides is 1. The topological polar surface area (TPSA) is 65.2 Å². The van der Waals surface area contributed by atoms with Gasteiger partial charge in [0, 0.05) is 33.1 Å². The van der Waals surface area contributed by atoms with Crippen molar-refractivity contribution in [3.05, 3.63) is 43.2 Å². The molecule has 6 heteroatoms. The fourth-order valence-corrected chi connectivity index (χ4v) is 3.03. The van der Waals surface area contributed by atoms with E-state index in [0.29, 0.717) is 28.7 Å². The molecule has 124 valence electrons. The molecule has 1 heterocycles. The van der Waals surface area contributed by atoms with Gasteiger partial charge >= 0.3 is 0 Å². The predicted molar refractivity (Wildman–Crippen MR) is 102 cm³/mol. The average molecular weight is 427 g/mol. The standard InChI is InChI=1S/C17H22IN3O2/c1-4-21(5-2)9-8-19-17(23)15-11(3)16(22)13-10-12(18)6-7-14(13)20-15/h6-7,10H,4-5,8-9H2,1-3H3,(H,19,23)(H,20,22). The van der Waals surface area contributed by atoms with Crippen LogP contribution in [0.4, 0.5) is 0 Å². The van der Waals surface area contributed by atoms with Crippen LogP contribution in [0.25, 0.3) is 10.9 Å². The molecule has 0 saturated heterocycles. The van der Waals surface area contributed by atoms with Crippen LogP contribution in [0.1, 0.15) is 29.9 Å². The quantitative estimate of drug-likeness (QED) is 0.697. The van der Waals surface area contributed by atoms with Crippen LogP contribution in [0.2, 0.25) is 0 Å². The average Bonchev–Trinajstić information content (AvgIpc) is 2.55. The number of hydrogen-bond donors (Lipinski definition) is 2. The highest BCUT2D eigenvalue weighted by Crippen LogP contribution is 2.15. The number of pyridine rings is 1. The number of H-pyrrole nitrogens is 1. The molecular formula is C17H22IN3O2. The number of nitrogens with one attached hydrogen (secondary N) is 2. The van der Waals surface area contributed by atoms with Gasteiger partial charge in [-0.2, -0.15) is 0 Å². The fraction of sp³-hybridized carbons (Fsp3) is 0.412. The Bertz CT molecular complexity index is 766. The van der Waals surface area contributed by atoms with Gasteiger partial charge in [0.05, 0.1) is 0 Å². The van der Waals surface area contributed by atoms with Crippen LogP contribution in [-0.2, 0) is 0 Å². The lowest BCUT2D eigenvalue weighted by Gasteiger charge is -2.18. The van der Waals surface area contributed by atoms with Crippen LogP contribution >= 0.6 is 22.6 Å². The van der Waals surface area contributed by atoms with E-state index >= 15 is 0 Å². The van der Waals surface area contributed by atoms with Crippen molar-refractivity contribution in [2.75, 3.05) is 26.2 Å². The van der Waals surface area contributed by atoms with E-state index in [2.05, 4.69) is 51.6 Å². The van der Waals surface area contributed by atoms with E-state index < -0.39 is 0 Å². The Morgan fingerprint density at radius 3 is 2.65 bits per heavy atom. The SMILES string of the molecule is CCN(CC)CCNC(=O)c1[nH]c2ccc(I)cc2c(=O)c1C. The molecule has 0 aliphatic carbocycles. The summed E-state index contributed by atoms with van der Waals surface area (Å²) in [5.41, 5.74) is 1.41. The number of likely N-dealkylation sites (N-methyl/N-ethyl adjacent to an activating group) is 1. The third kappa shape index (κ3) is 4.11. The number of halogens is 1. The van der Waals surface area contributed by atoms with Gasteiger partial charge in [0.1, 0.15) is 5.69 Å². The van der Waals surface area contributed by atoms with Crippen LogP contribution < -0.4 is 10.7 Å². The van der Waals surface area contributed by atoms with Gasteiger partial charge in [0.2, 0.25) is 0 Å². The largest absolute Gasteiger partial charge is 0.350 e. The van der Waals surface area contributed by atoms with Crippen molar-refractivity contribution in [3.63, 3.8) is 0 Å². The van der Waals surface area contributed by atoms with Crippen LogP contribution in [0.3, 0.4) is 0 Å². The summed E-state index contributed by atoms with van der Waals surface area (Å²) < 4.78 is 0.997. The summed E-state index contributed by atoms with van der Waals surface area (Å²) in [5, 5.41) is 3.51. The van der Waals surface area contributed by atoms with Gasteiger partial charge in [-0.25, -0.2) is 0 Å². The minimum atomic E-state index is -0.229. The molecule has 0 radical (unpaired) electrons. The summed E-state index contributed by atoms with van der Waals surface area (Å²) in [5.74, 6) is -0.229. The summed E-state index contributed by atoms with van der Waals surface area (Å²) in [7, 11) is 0. The first kappa shape index (κ1) is 17.9. The van der Waals surface area contributed by atoms with E-state index in [1.54, 1.807) is 6.92 Å². The second-order valence-corrected chi connectivity index (χ2v) is 6.67. The summed E-state index contributed by atoms with van der Waals surface area (Å²) >= 11 is 2.17. The number of benzene rings is 1. The maximum atomic E-state index is 12.5. The van der Waals surface area contributed by atoms with Gasteiger partial charge in [0.15, 0.2) is 5.43 Å². The Morgan fingerprint density at radius 1 is 1.30 bits per heavy atom. The number of fused-ring (bicyclic) bond motifs is 1. The molecular weight excluding hydrogens is 405 g/mol. The van der Waals surface area contributed by atoms with Crippen LogP contribution in [0, 0.1) is 10.5 Å². The summed E-state index contributed by atoms with van der Waals surface area (Å²) in [6, 6.07) is 5.59. The molecule has 0 atom stereocenters. The Kier molecular flexibility index (Phi) is 6.17. The predicted octanol–water partition coefficient (Wildman–Crippen LogP) is 2.51. The Hall–Kier alpha value is -1.41. The highest BCUT2D eigenvalue weighted by atomic mass is 127. The number of aromatic nitrogens is 1. The molecule has 0 spiro atoms. The molecule has 23 heavy (non-hydrogen) atoms. The molecule has 0 unspecified atom stereocenters. The zero-order chi connectivity index (χ0) is 17.0. The molecule has 2 N–H and O–H groups in total. The van der Waals surface area contributed by atoms with E-state index in [4.69, 9.17) is 0 Å². The molecule has 1 aromatic heterocycles. The molecule has 1 amide bonds. The number of nitrogens with zero attached hydrogens (tertiary/aromatic N) is 1. The smallest absolute Gasteiger partial charge is 0.268 e. The van der Waals surface area contributed by atoms with Crippen molar-refractivity contribution < 1.29 is 4.79 Å². The Labute approximate surface area is 149 Å². The minimum Gasteiger partial charge on any atom is -0.350 e. The first-order valence-electron chi connectivity index (χ1n) is 7.80. The van der Waals surface area contributed by atoms with Gasteiger partial charge in [-0.05, 0) is 60.8 Å². The van der Waals surface area contributed by atoms with Crippen molar-refractivity contribution in [1.29, 1.82) is 0 Å². The second kappa shape index (κ2) is 7.92. The zero-order valence-electron chi connectivity index (χ0n) is 13.7. The normalized spacial score (nSPS) is 11.2.